The van der Waals surface area contributed by atoms with Crippen molar-refractivity contribution >= 4 is 23.2 Å². The van der Waals surface area contributed by atoms with E-state index in [0.29, 0.717) is 17.8 Å². The van der Waals surface area contributed by atoms with Gasteiger partial charge in [0.15, 0.2) is 0 Å². The fraction of sp³-hybridized carbons (Fsp3) is 0.263. The lowest BCUT2D eigenvalue weighted by molar-refractivity contribution is -0.117. The van der Waals surface area contributed by atoms with Crippen LogP contribution in [0.3, 0.4) is 0 Å². The van der Waals surface area contributed by atoms with Gasteiger partial charge in [-0.05, 0) is 49.1 Å². The van der Waals surface area contributed by atoms with Crippen molar-refractivity contribution in [2.24, 2.45) is 5.92 Å². The van der Waals surface area contributed by atoms with Gasteiger partial charge in [-0.25, -0.2) is 0 Å². The van der Waals surface area contributed by atoms with Crippen molar-refractivity contribution in [2.45, 2.75) is 25.7 Å². The maximum absolute atomic E-state index is 12.1. The number of phenolic OH excluding ortho intramolecular Hbond substituents is 1. The molecular weight excluding hydrogens is 304 g/mol. The lowest BCUT2D eigenvalue weighted by Crippen LogP contribution is -2.15. The van der Waals surface area contributed by atoms with Crippen molar-refractivity contribution in [3.05, 3.63) is 54.1 Å². The van der Waals surface area contributed by atoms with Crippen LogP contribution >= 0.6 is 0 Å². The molecule has 1 fully saturated rings. The second-order valence-corrected chi connectivity index (χ2v) is 6.02. The Morgan fingerprint density at radius 2 is 1.71 bits per heavy atom. The Morgan fingerprint density at radius 1 is 1.00 bits per heavy atom. The number of para-hydroxylation sites is 1. The molecule has 0 aliphatic heterocycles. The van der Waals surface area contributed by atoms with Gasteiger partial charge in [0.25, 0.3) is 0 Å². The highest BCUT2D eigenvalue weighted by Gasteiger charge is 2.29. The minimum absolute atomic E-state index is 0.0398. The topological polar surface area (TPSA) is 78.4 Å². The molecule has 0 heterocycles. The number of rotatable bonds is 6. The van der Waals surface area contributed by atoms with Gasteiger partial charge in [-0.15, -0.1) is 0 Å². The Bertz CT molecular complexity index is 754. The summed E-state index contributed by atoms with van der Waals surface area (Å²) in [7, 11) is 0. The molecule has 3 N–H and O–H groups in total. The largest absolute Gasteiger partial charge is 0.508 e. The predicted molar refractivity (Wildman–Crippen MR) is 92.9 cm³/mol. The number of carbonyl (C=O) groups excluding carboxylic acids is 2. The van der Waals surface area contributed by atoms with Gasteiger partial charge in [-0.1, -0.05) is 24.3 Å². The van der Waals surface area contributed by atoms with Crippen LogP contribution in [0, 0.1) is 5.92 Å². The van der Waals surface area contributed by atoms with E-state index in [1.807, 2.05) is 6.07 Å². The number of amides is 2. The number of benzene rings is 2. The molecule has 0 spiro atoms. The predicted octanol–water partition coefficient (Wildman–Crippen LogP) is 3.31. The summed E-state index contributed by atoms with van der Waals surface area (Å²) >= 11 is 0. The van der Waals surface area contributed by atoms with Gasteiger partial charge in [0.1, 0.15) is 5.75 Å². The van der Waals surface area contributed by atoms with E-state index < -0.39 is 0 Å². The molecule has 0 aromatic heterocycles. The van der Waals surface area contributed by atoms with Crippen molar-refractivity contribution in [3.63, 3.8) is 0 Å². The molecule has 1 aliphatic carbocycles. The molecule has 3 rings (SSSR count). The lowest BCUT2D eigenvalue weighted by Gasteiger charge is -2.09. The van der Waals surface area contributed by atoms with Gasteiger partial charge in [0.05, 0.1) is 0 Å². The van der Waals surface area contributed by atoms with E-state index in [4.69, 9.17) is 0 Å². The maximum atomic E-state index is 12.1. The highest BCUT2D eigenvalue weighted by atomic mass is 16.3. The second-order valence-electron chi connectivity index (χ2n) is 6.02. The Balaban J connectivity index is 1.54. The standard InChI is InChI=1S/C19H20N2O3/c22-17-7-2-1-4-13(17)10-11-18(23)20-15-5-3-6-16(12-15)21-19(24)14-8-9-14/h1-7,12,14,22H,8-11H2,(H,20,23)(H,21,24). The highest BCUT2D eigenvalue weighted by Crippen LogP contribution is 2.30. The van der Waals surface area contributed by atoms with Crippen LogP contribution in [0.25, 0.3) is 0 Å². The monoisotopic (exact) mass is 324 g/mol. The fourth-order valence-electron chi connectivity index (χ4n) is 2.46. The average Bonchev–Trinajstić information content (AvgIpc) is 3.39. The first kappa shape index (κ1) is 16.1. The molecule has 24 heavy (non-hydrogen) atoms. The Kier molecular flexibility index (Phi) is 4.79. The van der Waals surface area contributed by atoms with E-state index in [0.717, 1.165) is 18.4 Å². The van der Waals surface area contributed by atoms with Crippen LogP contribution in [-0.4, -0.2) is 16.9 Å². The molecule has 2 amide bonds. The van der Waals surface area contributed by atoms with Crippen molar-refractivity contribution in [1.29, 1.82) is 0 Å². The summed E-state index contributed by atoms with van der Waals surface area (Å²) < 4.78 is 0. The van der Waals surface area contributed by atoms with Gasteiger partial charge in [-0.2, -0.15) is 0 Å². The first-order chi connectivity index (χ1) is 11.6. The number of nitrogens with one attached hydrogen (secondary N) is 2. The molecule has 5 heteroatoms. The van der Waals surface area contributed by atoms with Gasteiger partial charge in [-0.3, -0.25) is 9.59 Å². The molecule has 0 bridgehead atoms. The summed E-state index contributed by atoms with van der Waals surface area (Å²) in [6.07, 6.45) is 2.65. The average molecular weight is 324 g/mol. The van der Waals surface area contributed by atoms with Gasteiger partial charge in [0, 0.05) is 23.7 Å². The molecular formula is C19H20N2O3. The molecule has 2 aromatic rings. The van der Waals surface area contributed by atoms with E-state index in [2.05, 4.69) is 10.6 Å². The summed E-state index contributed by atoms with van der Waals surface area (Å²) in [6, 6.07) is 14.1. The molecule has 0 radical (unpaired) electrons. The quantitative estimate of drug-likeness (QED) is 0.763. The van der Waals surface area contributed by atoms with Crippen LogP contribution < -0.4 is 10.6 Å². The normalized spacial score (nSPS) is 13.3. The molecule has 5 nitrogen and oxygen atoms in total. The zero-order valence-corrected chi connectivity index (χ0v) is 13.3. The molecule has 1 saturated carbocycles. The molecule has 2 aromatic carbocycles. The number of anilines is 2. The number of phenols is 1. The van der Waals surface area contributed by atoms with Crippen LogP contribution in [0.1, 0.15) is 24.8 Å². The number of hydrogen-bond donors (Lipinski definition) is 3. The number of aromatic hydroxyl groups is 1. The second kappa shape index (κ2) is 7.17. The molecule has 0 saturated heterocycles. The Labute approximate surface area is 140 Å². The number of hydrogen-bond acceptors (Lipinski definition) is 3. The summed E-state index contributed by atoms with van der Waals surface area (Å²) in [5.74, 6) is 0.249. The third-order valence-electron chi connectivity index (χ3n) is 3.98. The smallest absolute Gasteiger partial charge is 0.227 e. The minimum atomic E-state index is -0.135. The number of aryl methyl sites for hydroxylation is 1. The summed E-state index contributed by atoms with van der Waals surface area (Å²) in [5.41, 5.74) is 2.08. The van der Waals surface area contributed by atoms with E-state index >= 15 is 0 Å². The van der Waals surface area contributed by atoms with E-state index in [1.165, 1.54) is 0 Å². The number of carbonyl (C=O) groups is 2. The lowest BCUT2D eigenvalue weighted by atomic mass is 10.1. The molecule has 0 atom stereocenters. The summed E-state index contributed by atoms with van der Waals surface area (Å²) in [4.78, 5) is 23.8. The van der Waals surface area contributed by atoms with Crippen LogP contribution in [0.15, 0.2) is 48.5 Å². The van der Waals surface area contributed by atoms with Gasteiger partial charge >= 0.3 is 0 Å². The fourth-order valence-corrected chi connectivity index (χ4v) is 2.46. The first-order valence-electron chi connectivity index (χ1n) is 8.09. The van der Waals surface area contributed by atoms with Gasteiger partial charge in [0.2, 0.25) is 11.8 Å². The van der Waals surface area contributed by atoms with Crippen molar-refractivity contribution < 1.29 is 14.7 Å². The first-order valence-corrected chi connectivity index (χ1v) is 8.09. The van der Waals surface area contributed by atoms with Crippen LogP contribution in [0.5, 0.6) is 5.75 Å². The minimum Gasteiger partial charge on any atom is -0.508 e. The van der Waals surface area contributed by atoms with Gasteiger partial charge < -0.3 is 15.7 Å². The third kappa shape index (κ3) is 4.35. The van der Waals surface area contributed by atoms with Crippen molar-refractivity contribution in [1.82, 2.24) is 0 Å². The Morgan fingerprint density at radius 3 is 2.42 bits per heavy atom. The summed E-state index contributed by atoms with van der Waals surface area (Å²) in [6.45, 7) is 0. The zero-order chi connectivity index (χ0) is 16.9. The highest BCUT2D eigenvalue weighted by molar-refractivity contribution is 5.96. The third-order valence-corrected chi connectivity index (χ3v) is 3.98. The van der Waals surface area contributed by atoms with E-state index in [9.17, 15) is 14.7 Å². The van der Waals surface area contributed by atoms with Crippen LogP contribution in [-0.2, 0) is 16.0 Å². The van der Waals surface area contributed by atoms with E-state index in [-0.39, 0.29) is 29.9 Å². The Hall–Kier alpha value is -2.82. The SMILES string of the molecule is O=C(CCc1ccccc1O)Nc1cccc(NC(=O)C2CC2)c1. The van der Waals surface area contributed by atoms with Crippen molar-refractivity contribution in [2.75, 3.05) is 10.6 Å². The molecule has 124 valence electrons. The van der Waals surface area contributed by atoms with Crippen LogP contribution in [0.4, 0.5) is 11.4 Å². The molecule has 0 unspecified atom stereocenters. The molecule has 1 aliphatic rings. The summed E-state index contributed by atoms with van der Waals surface area (Å²) in [5, 5.41) is 15.4. The maximum Gasteiger partial charge on any atom is 0.227 e. The van der Waals surface area contributed by atoms with Crippen LogP contribution in [0.2, 0.25) is 0 Å². The van der Waals surface area contributed by atoms with E-state index in [1.54, 1.807) is 42.5 Å². The van der Waals surface area contributed by atoms with Crippen molar-refractivity contribution in [3.8, 4) is 5.75 Å². The zero-order valence-electron chi connectivity index (χ0n) is 13.3.